The Morgan fingerprint density at radius 1 is 0.975 bits per heavy atom. The zero-order chi connectivity index (χ0) is 28.2. The van der Waals surface area contributed by atoms with Crippen molar-refractivity contribution < 1.29 is 14.7 Å². The highest BCUT2D eigenvalue weighted by Crippen LogP contribution is 2.36. The first-order valence-electron chi connectivity index (χ1n) is 13.6. The largest absolute Gasteiger partial charge is 0.508 e. The first-order chi connectivity index (χ1) is 19.3. The maximum Gasteiger partial charge on any atom is 0.313 e. The standard InChI is InChI=1S/C31H34BrClN4O3/c1-21-15-26(29(38)17-27(21)33)23-9-10-37(20-23)31(40)30(39)34-28-16-25(32)8-7-24(28)19-36-13-11-35(12-14-36)18-22-5-3-2-4-6-22/h2-8,15-17,23,38H,9-14,18-20H2,1H3,(H,34,39). The van der Waals surface area contributed by atoms with Gasteiger partial charge in [0, 0.05) is 73.5 Å². The minimum atomic E-state index is -0.649. The van der Waals surface area contributed by atoms with E-state index < -0.39 is 11.8 Å². The van der Waals surface area contributed by atoms with Crippen molar-refractivity contribution >= 4 is 45.0 Å². The molecule has 0 bridgehead atoms. The minimum absolute atomic E-state index is 0.0466. The zero-order valence-corrected chi connectivity index (χ0v) is 24.9. The van der Waals surface area contributed by atoms with E-state index in [1.54, 1.807) is 11.0 Å². The van der Waals surface area contributed by atoms with Crippen molar-refractivity contribution in [2.24, 2.45) is 0 Å². The number of phenols is 1. The third kappa shape index (κ3) is 6.86. The van der Waals surface area contributed by atoms with E-state index in [1.165, 1.54) is 5.56 Å². The summed E-state index contributed by atoms with van der Waals surface area (Å²) >= 11 is 9.63. The van der Waals surface area contributed by atoms with E-state index in [1.807, 2.05) is 37.3 Å². The number of rotatable bonds is 6. The quantitative estimate of drug-likeness (QED) is 0.360. The molecule has 5 rings (SSSR count). The Labute approximate surface area is 248 Å². The molecule has 0 spiro atoms. The molecule has 210 valence electrons. The molecule has 3 aromatic carbocycles. The summed E-state index contributed by atoms with van der Waals surface area (Å²) in [5.74, 6) is -1.13. The average Bonchev–Trinajstić information content (AvgIpc) is 3.43. The summed E-state index contributed by atoms with van der Waals surface area (Å²) < 4.78 is 0.835. The Morgan fingerprint density at radius 3 is 2.40 bits per heavy atom. The Balaban J connectivity index is 1.18. The molecule has 0 saturated carbocycles. The number of nitrogens with one attached hydrogen (secondary N) is 1. The van der Waals surface area contributed by atoms with Gasteiger partial charge in [-0.05, 0) is 53.8 Å². The van der Waals surface area contributed by atoms with Crippen LogP contribution in [0.15, 0.2) is 65.1 Å². The second-order valence-corrected chi connectivity index (χ2v) is 12.0. The summed E-state index contributed by atoms with van der Waals surface area (Å²) in [6.45, 7) is 8.17. The normalized spacial score (nSPS) is 18.2. The van der Waals surface area contributed by atoms with E-state index in [4.69, 9.17) is 11.6 Å². The molecule has 3 aromatic rings. The van der Waals surface area contributed by atoms with Crippen molar-refractivity contribution in [3.05, 3.63) is 92.4 Å². The van der Waals surface area contributed by atoms with Crippen LogP contribution in [0.4, 0.5) is 5.69 Å². The molecule has 9 heteroatoms. The molecular weight excluding hydrogens is 592 g/mol. The summed E-state index contributed by atoms with van der Waals surface area (Å²) in [5.41, 5.74) is 4.57. The molecular formula is C31H34BrClN4O3. The number of phenolic OH excluding ortho intramolecular Hbond substituents is 1. The van der Waals surface area contributed by atoms with Crippen LogP contribution in [0.3, 0.4) is 0 Å². The van der Waals surface area contributed by atoms with Gasteiger partial charge < -0.3 is 15.3 Å². The van der Waals surface area contributed by atoms with E-state index in [0.29, 0.717) is 36.8 Å². The second-order valence-electron chi connectivity index (χ2n) is 10.7. The molecule has 1 atom stereocenters. The van der Waals surface area contributed by atoms with Crippen LogP contribution in [0.5, 0.6) is 5.75 Å². The lowest BCUT2D eigenvalue weighted by molar-refractivity contribution is -0.142. The number of amides is 2. The van der Waals surface area contributed by atoms with Crippen molar-refractivity contribution in [1.29, 1.82) is 0 Å². The van der Waals surface area contributed by atoms with Crippen LogP contribution in [-0.4, -0.2) is 70.9 Å². The molecule has 2 aliphatic rings. The van der Waals surface area contributed by atoms with Gasteiger partial charge in [0.05, 0.1) is 0 Å². The molecule has 1 unspecified atom stereocenters. The molecule has 2 fully saturated rings. The predicted octanol–water partition coefficient (Wildman–Crippen LogP) is 5.39. The van der Waals surface area contributed by atoms with Crippen molar-refractivity contribution in [3.63, 3.8) is 0 Å². The smallest absolute Gasteiger partial charge is 0.313 e. The van der Waals surface area contributed by atoms with Crippen molar-refractivity contribution in [1.82, 2.24) is 14.7 Å². The molecule has 0 aromatic heterocycles. The third-order valence-corrected chi connectivity index (χ3v) is 8.75. The summed E-state index contributed by atoms with van der Waals surface area (Å²) in [7, 11) is 0. The van der Waals surface area contributed by atoms with E-state index in [0.717, 1.165) is 53.9 Å². The SMILES string of the molecule is Cc1cc(C2CCN(C(=O)C(=O)Nc3cc(Br)ccc3CN3CCN(Cc4ccccc4)CC3)C2)c(O)cc1Cl. The highest BCUT2D eigenvalue weighted by molar-refractivity contribution is 9.10. The first-order valence-corrected chi connectivity index (χ1v) is 14.8. The molecule has 0 aliphatic carbocycles. The number of halogens is 2. The minimum Gasteiger partial charge on any atom is -0.508 e. The molecule has 7 nitrogen and oxygen atoms in total. The number of carbonyl (C=O) groups is 2. The number of aromatic hydroxyl groups is 1. The Hall–Kier alpha value is -2.91. The molecule has 2 saturated heterocycles. The third-order valence-electron chi connectivity index (χ3n) is 7.85. The van der Waals surface area contributed by atoms with Gasteiger partial charge in [0.2, 0.25) is 0 Å². The van der Waals surface area contributed by atoms with Crippen molar-refractivity contribution in [3.8, 4) is 5.75 Å². The fraction of sp³-hybridized carbons (Fsp3) is 0.355. The first kappa shape index (κ1) is 28.6. The summed E-state index contributed by atoms with van der Waals surface area (Å²) in [6, 6.07) is 19.7. The zero-order valence-electron chi connectivity index (χ0n) is 22.6. The molecule has 2 N–H and O–H groups in total. The lowest BCUT2D eigenvalue weighted by atomic mass is 9.96. The van der Waals surface area contributed by atoms with Gasteiger partial charge in [-0.3, -0.25) is 19.4 Å². The van der Waals surface area contributed by atoms with E-state index in [-0.39, 0.29) is 11.7 Å². The van der Waals surface area contributed by atoms with Crippen LogP contribution in [0.1, 0.15) is 34.6 Å². The topological polar surface area (TPSA) is 76.1 Å². The van der Waals surface area contributed by atoms with E-state index in [9.17, 15) is 14.7 Å². The highest BCUT2D eigenvalue weighted by Gasteiger charge is 2.32. The van der Waals surface area contributed by atoms with Crippen molar-refractivity contribution in [2.45, 2.75) is 32.4 Å². The number of hydrogen-bond acceptors (Lipinski definition) is 5. The van der Waals surface area contributed by atoms with Gasteiger partial charge in [-0.1, -0.05) is 70.0 Å². The van der Waals surface area contributed by atoms with E-state index >= 15 is 0 Å². The summed E-state index contributed by atoms with van der Waals surface area (Å²) in [5, 5.41) is 13.8. The number of piperazine rings is 1. The van der Waals surface area contributed by atoms with Gasteiger partial charge in [-0.25, -0.2) is 0 Å². The number of nitrogens with zero attached hydrogens (tertiary/aromatic N) is 3. The lowest BCUT2D eigenvalue weighted by Crippen LogP contribution is -2.45. The fourth-order valence-electron chi connectivity index (χ4n) is 5.53. The summed E-state index contributed by atoms with van der Waals surface area (Å²) in [6.07, 6.45) is 0.673. The maximum absolute atomic E-state index is 13.1. The van der Waals surface area contributed by atoms with Gasteiger partial charge in [-0.2, -0.15) is 0 Å². The number of hydrogen-bond donors (Lipinski definition) is 2. The molecule has 2 heterocycles. The molecule has 0 radical (unpaired) electrons. The number of aryl methyl sites for hydroxylation is 1. The van der Waals surface area contributed by atoms with Gasteiger partial charge in [0.1, 0.15) is 5.75 Å². The number of benzene rings is 3. The predicted molar refractivity (Wildman–Crippen MR) is 162 cm³/mol. The number of carbonyl (C=O) groups excluding carboxylic acids is 2. The second kappa shape index (κ2) is 12.7. The van der Waals surface area contributed by atoms with Crippen LogP contribution >= 0.6 is 27.5 Å². The number of likely N-dealkylation sites (tertiary alicyclic amines) is 1. The van der Waals surface area contributed by atoms with Crippen molar-refractivity contribution in [2.75, 3.05) is 44.6 Å². The van der Waals surface area contributed by atoms with Crippen LogP contribution in [-0.2, 0) is 22.7 Å². The van der Waals surface area contributed by atoms with Crippen LogP contribution < -0.4 is 5.32 Å². The fourth-order valence-corrected chi connectivity index (χ4v) is 6.05. The molecule has 2 aliphatic heterocycles. The van der Waals surface area contributed by atoms with E-state index in [2.05, 4.69) is 55.3 Å². The summed E-state index contributed by atoms with van der Waals surface area (Å²) in [4.78, 5) is 32.6. The number of anilines is 1. The van der Waals surface area contributed by atoms with Gasteiger partial charge in [0.15, 0.2) is 0 Å². The Kier molecular flexibility index (Phi) is 9.10. The van der Waals surface area contributed by atoms with Gasteiger partial charge >= 0.3 is 11.8 Å². The van der Waals surface area contributed by atoms with Crippen LogP contribution in [0.25, 0.3) is 0 Å². The molecule has 2 amide bonds. The van der Waals surface area contributed by atoms with Gasteiger partial charge in [0.25, 0.3) is 0 Å². The monoisotopic (exact) mass is 624 g/mol. The molecule has 40 heavy (non-hydrogen) atoms. The van der Waals surface area contributed by atoms with Crippen LogP contribution in [0.2, 0.25) is 5.02 Å². The lowest BCUT2D eigenvalue weighted by Gasteiger charge is -2.35. The average molecular weight is 626 g/mol. The maximum atomic E-state index is 13.1. The highest BCUT2D eigenvalue weighted by atomic mass is 79.9. The van der Waals surface area contributed by atoms with Gasteiger partial charge in [-0.15, -0.1) is 0 Å². The Bertz CT molecular complexity index is 1380. The Morgan fingerprint density at radius 2 is 1.68 bits per heavy atom. The van der Waals surface area contributed by atoms with Crippen LogP contribution in [0, 0.1) is 6.92 Å².